The van der Waals surface area contributed by atoms with Crippen molar-refractivity contribution < 1.29 is 14.4 Å². The molecule has 9 nitrogen and oxygen atoms in total. The molecule has 1 aromatic heterocycles. The summed E-state index contributed by atoms with van der Waals surface area (Å²) in [6.45, 7) is 0. The van der Waals surface area contributed by atoms with E-state index in [2.05, 4.69) is 14.9 Å². The van der Waals surface area contributed by atoms with Crippen LogP contribution in [-0.4, -0.2) is 20.2 Å². The average Bonchev–Trinajstić information content (AvgIpc) is 2.62. The van der Waals surface area contributed by atoms with Gasteiger partial charge in [0.2, 0.25) is 5.52 Å². The lowest BCUT2D eigenvalue weighted by atomic mass is 10.2. The van der Waals surface area contributed by atoms with E-state index in [0.717, 1.165) is 6.07 Å². The molecule has 0 fully saturated rings. The minimum absolute atomic E-state index is 0.0345. The van der Waals surface area contributed by atoms with Crippen molar-refractivity contribution in [2.45, 2.75) is 0 Å². The molecular formula is C6H2N4O5. The topological polar surface area (TPSA) is 125 Å². The highest BCUT2D eigenvalue weighted by Gasteiger charge is 2.30. The summed E-state index contributed by atoms with van der Waals surface area (Å²) in [5, 5.41) is 27.6. The molecule has 0 atom stereocenters. The summed E-state index contributed by atoms with van der Waals surface area (Å²) < 4.78 is 4.56. The maximum absolute atomic E-state index is 10.6. The Morgan fingerprint density at radius 3 is 2.53 bits per heavy atom. The zero-order chi connectivity index (χ0) is 11.0. The number of hydrogen-bond acceptors (Lipinski definition) is 7. The maximum atomic E-state index is 10.6. The number of fused-ring (bicyclic) bond motifs is 1. The summed E-state index contributed by atoms with van der Waals surface area (Å²) in [5.74, 6) is 0. The molecule has 1 heterocycles. The van der Waals surface area contributed by atoms with Crippen molar-refractivity contribution in [3.8, 4) is 0 Å². The molecule has 9 heteroatoms. The van der Waals surface area contributed by atoms with E-state index in [4.69, 9.17) is 0 Å². The van der Waals surface area contributed by atoms with Crippen molar-refractivity contribution in [1.29, 1.82) is 0 Å². The SMILES string of the molecule is O=[N+]([O-])c1ccc2onnc2c1[N+](=O)[O-]. The molecule has 0 spiro atoms. The van der Waals surface area contributed by atoms with E-state index in [9.17, 15) is 20.2 Å². The molecule has 0 unspecified atom stereocenters. The number of nitrogens with zero attached hydrogens (tertiary/aromatic N) is 4. The van der Waals surface area contributed by atoms with Crippen LogP contribution in [0.1, 0.15) is 0 Å². The molecule has 0 aliphatic carbocycles. The van der Waals surface area contributed by atoms with Crippen molar-refractivity contribution in [2.75, 3.05) is 0 Å². The zero-order valence-corrected chi connectivity index (χ0v) is 6.98. The second-order valence-corrected chi connectivity index (χ2v) is 2.57. The molecule has 0 aliphatic rings. The fourth-order valence-corrected chi connectivity index (χ4v) is 1.15. The molecule has 2 aromatic rings. The number of nitro groups is 2. The molecule has 0 saturated carbocycles. The Kier molecular flexibility index (Phi) is 1.78. The van der Waals surface area contributed by atoms with Gasteiger partial charge in [-0.05, 0) is 6.07 Å². The third kappa shape index (κ3) is 1.25. The van der Waals surface area contributed by atoms with Crippen LogP contribution < -0.4 is 0 Å². The predicted octanol–water partition coefficient (Wildman–Crippen LogP) is 1.04. The first-order valence-electron chi connectivity index (χ1n) is 3.65. The van der Waals surface area contributed by atoms with Crippen LogP contribution in [0.2, 0.25) is 0 Å². The number of aromatic nitrogens is 2. The van der Waals surface area contributed by atoms with E-state index in [1.165, 1.54) is 6.07 Å². The number of rotatable bonds is 2. The van der Waals surface area contributed by atoms with E-state index >= 15 is 0 Å². The molecule has 0 radical (unpaired) electrons. The predicted molar refractivity (Wildman–Crippen MR) is 45.1 cm³/mol. The van der Waals surface area contributed by atoms with E-state index < -0.39 is 21.2 Å². The molecular weight excluding hydrogens is 208 g/mol. The van der Waals surface area contributed by atoms with Crippen LogP contribution in [0.3, 0.4) is 0 Å². The van der Waals surface area contributed by atoms with Crippen molar-refractivity contribution in [1.82, 2.24) is 10.4 Å². The first kappa shape index (κ1) is 8.99. The van der Waals surface area contributed by atoms with Crippen LogP contribution in [0.4, 0.5) is 11.4 Å². The summed E-state index contributed by atoms with van der Waals surface area (Å²) in [5.41, 5.74) is -1.54. The van der Waals surface area contributed by atoms with Crippen LogP contribution in [0.5, 0.6) is 0 Å². The molecule has 1 aromatic carbocycles. The van der Waals surface area contributed by atoms with E-state index in [0.29, 0.717) is 0 Å². The molecule has 0 saturated heterocycles. The summed E-state index contributed by atoms with van der Waals surface area (Å²) in [7, 11) is 0. The van der Waals surface area contributed by atoms with Gasteiger partial charge in [-0.3, -0.25) is 20.2 Å². The van der Waals surface area contributed by atoms with Gasteiger partial charge in [0.15, 0.2) is 5.58 Å². The van der Waals surface area contributed by atoms with E-state index in [1.54, 1.807) is 0 Å². The third-order valence-corrected chi connectivity index (χ3v) is 1.75. The molecule has 0 amide bonds. The highest BCUT2D eigenvalue weighted by Crippen LogP contribution is 2.32. The van der Waals surface area contributed by atoms with Crippen LogP contribution in [0, 0.1) is 20.2 Å². The highest BCUT2D eigenvalue weighted by molar-refractivity contribution is 5.87. The molecule has 0 bridgehead atoms. The molecule has 0 aliphatic heterocycles. The Balaban J connectivity index is 2.87. The van der Waals surface area contributed by atoms with Crippen LogP contribution in [0.15, 0.2) is 16.7 Å². The smallest absolute Gasteiger partial charge is 0.337 e. The van der Waals surface area contributed by atoms with Gasteiger partial charge < -0.3 is 4.52 Å². The average molecular weight is 210 g/mol. The van der Waals surface area contributed by atoms with Gasteiger partial charge in [-0.1, -0.05) is 0 Å². The summed E-state index contributed by atoms with van der Waals surface area (Å²) >= 11 is 0. The normalized spacial score (nSPS) is 10.4. The van der Waals surface area contributed by atoms with Gasteiger partial charge in [0.25, 0.3) is 0 Å². The van der Waals surface area contributed by atoms with E-state index in [-0.39, 0.29) is 11.1 Å². The van der Waals surface area contributed by atoms with Gasteiger partial charge in [0.1, 0.15) is 0 Å². The summed E-state index contributed by atoms with van der Waals surface area (Å²) in [4.78, 5) is 19.4. The summed E-state index contributed by atoms with van der Waals surface area (Å²) in [6, 6.07) is 2.19. The Labute approximate surface area is 80.6 Å². The number of hydrogen-bond donors (Lipinski definition) is 0. The second-order valence-electron chi connectivity index (χ2n) is 2.57. The highest BCUT2D eigenvalue weighted by atomic mass is 16.6. The lowest BCUT2D eigenvalue weighted by molar-refractivity contribution is -0.421. The van der Waals surface area contributed by atoms with Crippen LogP contribution >= 0.6 is 0 Å². The molecule has 15 heavy (non-hydrogen) atoms. The standard InChI is InChI=1S/C6H2N4O5/c11-9(12)3-1-2-4-5(7-8-15-4)6(3)10(13)14/h1-2H. The van der Waals surface area contributed by atoms with E-state index in [1.807, 2.05) is 0 Å². The Hall–Kier alpha value is -2.58. The first-order valence-corrected chi connectivity index (χ1v) is 3.65. The fraction of sp³-hybridized carbons (Fsp3) is 0. The van der Waals surface area contributed by atoms with Crippen LogP contribution in [-0.2, 0) is 0 Å². The Morgan fingerprint density at radius 1 is 1.20 bits per heavy atom. The third-order valence-electron chi connectivity index (χ3n) is 1.75. The Morgan fingerprint density at radius 2 is 1.93 bits per heavy atom. The van der Waals surface area contributed by atoms with Gasteiger partial charge in [-0.15, -0.1) is 5.10 Å². The number of benzene rings is 1. The van der Waals surface area contributed by atoms with Crippen molar-refractivity contribution >= 4 is 22.5 Å². The zero-order valence-electron chi connectivity index (χ0n) is 6.98. The van der Waals surface area contributed by atoms with Crippen molar-refractivity contribution in [3.63, 3.8) is 0 Å². The molecule has 0 N–H and O–H groups in total. The lowest BCUT2D eigenvalue weighted by Crippen LogP contribution is -1.97. The Bertz CT molecular complexity index is 562. The van der Waals surface area contributed by atoms with Gasteiger partial charge in [-0.2, -0.15) is 0 Å². The van der Waals surface area contributed by atoms with Gasteiger partial charge in [0, 0.05) is 11.3 Å². The lowest BCUT2D eigenvalue weighted by Gasteiger charge is -1.93. The van der Waals surface area contributed by atoms with Crippen LogP contribution in [0.25, 0.3) is 11.1 Å². The molecule has 76 valence electrons. The quantitative estimate of drug-likeness (QED) is 0.535. The number of nitro benzene ring substituents is 2. The molecule has 2 rings (SSSR count). The van der Waals surface area contributed by atoms with Crippen molar-refractivity contribution in [3.05, 3.63) is 32.4 Å². The largest absolute Gasteiger partial charge is 0.377 e. The monoisotopic (exact) mass is 210 g/mol. The summed E-state index contributed by atoms with van der Waals surface area (Å²) in [6.07, 6.45) is 0. The van der Waals surface area contributed by atoms with Gasteiger partial charge in [0.05, 0.1) is 9.85 Å². The van der Waals surface area contributed by atoms with Crippen molar-refractivity contribution in [2.24, 2.45) is 0 Å². The second kappa shape index (κ2) is 2.97. The minimum Gasteiger partial charge on any atom is -0.337 e. The van der Waals surface area contributed by atoms with Gasteiger partial charge >= 0.3 is 11.4 Å². The minimum atomic E-state index is -0.884. The first-order chi connectivity index (χ1) is 7.11. The fourth-order valence-electron chi connectivity index (χ4n) is 1.15. The van der Waals surface area contributed by atoms with Gasteiger partial charge in [-0.25, -0.2) is 0 Å². The maximum Gasteiger partial charge on any atom is 0.377 e.